The summed E-state index contributed by atoms with van der Waals surface area (Å²) in [6.07, 6.45) is 15.6. The van der Waals surface area contributed by atoms with Gasteiger partial charge in [0.1, 0.15) is 11.6 Å². The second-order valence-corrected chi connectivity index (χ2v) is 12.7. The Morgan fingerprint density at radius 2 is 1.67 bits per heavy atom. The third-order valence-corrected chi connectivity index (χ3v) is 9.57. The molecule has 2 amide bonds. The minimum atomic E-state index is -0.593. The molecule has 9 heteroatoms. The van der Waals surface area contributed by atoms with Crippen LogP contribution in [-0.2, 0) is 9.59 Å². The molecule has 3 N–H and O–H groups in total. The molecule has 1 heterocycles. The van der Waals surface area contributed by atoms with Gasteiger partial charge in [0.25, 0.3) is 5.91 Å². The van der Waals surface area contributed by atoms with Crippen molar-refractivity contribution in [3.8, 4) is 5.75 Å². The molecule has 0 spiro atoms. The van der Waals surface area contributed by atoms with E-state index in [-0.39, 0.29) is 52.6 Å². The van der Waals surface area contributed by atoms with Gasteiger partial charge >= 0.3 is 0 Å². The average Bonchev–Trinajstić information content (AvgIpc) is 2.96. The van der Waals surface area contributed by atoms with Crippen molar-refractivity contribution in [1.29, 1.82) is 0 Å². The number of halogens is 3. The van der Waals surface area contributed by atoms with Gasteiger partial charge in [-0.2, -0.15) is 0 Å². The van der Waals surface area contributed by atoms with Crippen molar-refractivity contribution in [1.82, 2.24) is 16.0 Å². The molecule has 2 aliphatic carbocycles. The highest BCUT2D eigenvalue weighted by molar-refractivity contribution is 6.30. The van der Waals surface area contributed by atoms with Crippen LogP contribution >= 0.6 is 23.2 Å². The second kappa shape index (κ2) is 15.4. The molecule has 3 unspecified atom stereocenters. The van der Waals surface area contributed by atoms with Gasteiger partial charge < -0.3 is 20.7 Å². The lowest BCUT2D eigenvalue weighted by atomic mass is 9.76. The van der Waals surface area contributed by atoms with Crippen molar-refractivity contribution in [3.63, 3.8) is 0 Å². The first-order valence-electron chi connectivity index (χ1n) is 14.9. The summed E-state index contributed by atoms with van der Waals surface area (Å²) < 4.78 is 18.8. The lowest BCUT2D eigenvalue weighted by Crippen LogP contribution is -2.54. The number of carbonyl (C=O) groups excluding carboxylic acids is 2. The van der Waals surface area contributed by atoms with Crippen LogP contribution in [-0.4, -0.2) is 49.0 Å². The van der Waals surface area contributed by atoms with Crippen molar-refractivity contribution in [2.45, 2.75) is 101 Å². The molecule has 3 aliphatic rings. The number of piperidine rings is 1. The zero-order valence-electron chi connectivity index (χ0n) is 22.9. The van der Waals surface area contributed by atoms with Crippen molar-refractivity contribution >= 4 is 35.0 Å². The van der Waals surface area contributed by atoms with Gasteiger partial charge in [-0.15, -0.1) is 11.6 Å². The Hall–Kier alpha value is -1.57. The van der Waals surface area contributed by atoms with Crippen LogP contribution in [0.3, 0.4) is 0 Å². The second-order valence-electron chi connectivity index (χ2n) is 11.7. The van der Waals surface area contributed by atoms with E-state index in [1.165, 1.54) is 76.3 Å². The van der Waals surface area contributed by atoms with Gasteiger partial charge in [-0.1, -0.05) is 75.8 Å². The Labute approximate surface area is 242 Å². The van der Waals surface area contributed by atoms with Crippen LogP contribution in [0.15, 0.2) is 18.2 Å². The van der Waals surface area contributed by atoms with Crippen LogP contribution in [0.1, 0.15) is 83.5 Å². The zero-order valence-corrected chi connectivity index (χ0v) is 24.4. The van der Waals surface area contributed by atoms with Crippen LogP contribution in [0.2, 0.25) is 5.02 Å². The van der Waals surface area contributed by atoms with Crippen LogP contribution in [0.4, 0.5) is 4.39 Å². The molecule has 3 atom stereocenters. The Balaban J connectivity index is 1.14. The third kappa shape index (κ3) is 9.50. The van der Waals surface area contributed by atoms with Crippen molar-refractivity contribution in [3.05, 3.63) is 29.0 Å². The number of ether oxygens (including phenoxy) is 1. The highest BCUT2D eigenvalue weighted by Gasteiger charge is 2.37. The van der Waals surface area contributed by atoms with E-state index in [1.807, 2.05) is 0 Å². The highest BCUT2D eigenvalue weighted by atomic mass is 35.5. The predicted octanol–water partition coefficient (Wildman–Crippen LogP) is 5.99. The number of benzene rings is 1. The molecular weight excluding hydrogens is 540 g/mol. The Bertz CT molecular complexity index is 934. The van der Waals surface area contributed by atoms with E-state index in [0.29, 0.717) is 31.2 Å². The normalized spacial score (nSPS) is 28.9. The quantitative estimate of drug-likeness (QED) is 0.329. The summed E-state index contributed by atoms with van der Waals surface area (Å²) in [5.74, 6) is 0.505. The summed E-state index contributed by atoms with van der Waals surface area (Å²) in [6, 6.07) is 4.25. The predicted molar refractivity (Wildman–Crippen MR) is 154 cm³/mol. The maximum atomic E-state index is 13.5. The number of amides is 2. The fourth-order valence-corrected chi connectivity index (χ4v) is 6.90. The number of rotatable bonds is 8. The van der Waals surface area contributed by atoms with Crippen LogP contribution < -0.4 is 20.7 Å². The number of nitrogens with one attached hydrogen (secondary N) is 3. The van der Waals surface area contributed by atoms with E-state index in [4.69, 9.17) is 27.9 Å². The molecule has 1 aromatic carbocycles. The summed E-state index contributed by atoms with van der Waals surface area (Å²) in [6.45, 7) is 1.20. The first kappa shape index (κ1) is 30.4. The van der Waals surface area contributed by atoms with Crippen LogP contribution in [0.25, 0.3) is 0 Å². The Kier molecular flexibility index (Phi) is 12.0. The van der Waals surface area contributed by atoms with Gasteiger partial charge in [0.15, 0.2) is 6.61 Å². The fraction of sp³-hybridized carbons (Fsp3) is 0.733. The van der Waals surface area contributed by atoms with Gasteiger partial charge in [0.2, 0.25) is 5.91 Å². The molecule has 3 fully saturated rings. The molecule has 1 aromatic rings. The van der Waals surface area contributed by atoms with E-state index in [2.05, 4.69) is 16.0 Å². The molecule has 4 rings (SSSR count). The number of hydrogen-bond acceptors (Lipinski definition) is 4. The largest absolute Gasteiger partial charge is 0.484 e. The summed E-state index contributed by atoms with van der Waals surface area (Å²) in [4.78, 5) is 24.9. The first-order valence-corrected chi connectivity index (χ1v) is 15.7. The monoisotopic (exact) mass is 583 g/mol. The number of alkyl halides is 1. The molecular formula is C30H44Cl2FN3O3. The van der Waals surface area contributed by atoms with E-state index in [9.17, 15) is 14.0 Å². The zero-order chi connectivity index (χ0) is 27.6. The molecule has 1 aliphatic heterocycles. The van der Waals surface area contributed by atoms with Crippen molar-refractivity contribution in [2.75, 3.05) is 19.7 Å². The van der Waals surface area contributed by atoms with E-state index < -0.39 is 5.82 Å². The Morgan fingerprint density at radius 1 is 1.00 bits per heavy atom. The van der Waals surface area contributed by atoms with Gasteiger partial charge in [-0.25, -0.2) is 4.39 Å². The minimum absolute atomic E-state index is 0.00368. The third-order valence-electron chi connectivity index (χ3n) is 8.79. The van der Waals surface area contributed by atoms with Gasteiger partial charge in [0.05, 0.1) is 5.02 Å². The average molecular weight is 585 g/mol. The van der Waals surface area contributed by atoms with Crippen molar-refractivity contribution < 1.29 is 18.7 Å². The molecule has 1 saturated heterocycles. The smallest absolute Gasteiger partial charge is 0.258 e. The first-order chi connectivity index (χ1) is 18.9. The molecule has 39 heavy (non-hydrogen) atoms. The van der Waals surface area contributed by atoms with E-state index in [0.717, 1.165) is 19.0 Å². The molecule has 218 valence electrons. The summed E-state index contributed by atoms with van der Waals surface area (Å²) in [5.41, 5.74) is 0. The number of hydrogen-bond donors (Lipinski definition) is 3. The van der Waals surface area contributed by atoms with Gasteiger partial charge in [-0.05, 0) is 43.2 Å². The van der Waals surface area contributed by atoms with Crippen LogP contribution in [0.5, 0.6) is 5.75 Å². The maximum Gasteiger partial charge on any atom is 0.258 e. The fourth-order valence-electron chi connectivity index (χ4n) is 6.38. The molecule has 2 saturated carbocycles. The van der Waals surface area contributed by atoms with E-state index >= 15 is 0 Å². The van der Waals surface area contributed by atoms with Crippen molar-refractivity contribution in [2.24, 2.45) is 17.8 Å². The molecule has 0 bridgehead atoms. The van der Waals surface area contributed by atoms with Gasteiger partial charge in [-0.3, -0.25) is 9.59 Å². The lowest BCUT2D eigenvalue weighted by Gasteiger charge is -2.39. The number of carbonyl (C=O) groups is 2. The van der Waals surface area contributed by atoms with Gasteiger partial charge in [0, 0.05) is 42.5 Å². The summed E-state index contributed by atoms with van der Waals surface area (Å²) >= 11 is 12.5. The van der Waals surface area contributed by atoms with Crippen LogP contribution in [0, 0.1) is 23.6 Å². The lowest BCUT2D eigenvalue weighted by molar-refractivity contribution is -0.131. The highest BCUT2D eigenvalue weighted by Crippen LogP contribution is 2.36. The minimum Gasteiger partial charge on any atom is -0.484 e. The molecule has 0 aromatic heterocycles. The Morgan fingerprint density at radius 3 is 2.33 bits per heavy atom. The SMILES string of the molecule is O=C(COc1ccc(Cl)c(F)c1)NC1CC(C(=O)NCC2CC(C3CCCCCCCCCC3)C(Cl)CN2)C1. The van der Waals surface area contributed by atoms with E-state index in [1.54, 1.807) is 0 Å². The topological polar surface area (TPSA) is 79.5 Å². The summed E-state index contributed by atoms with van der Waals surface area (Å²) in [5, 5.41) is 9.74. The molecule has 0 radical (unpaired) electrons. The maximum absolute atomic E-state index is 13.5. The summed E-state index contributed by atoms with van der Waals surface area (Å²) in [7, 11) is 0. The molecule has 6 nitrogen and oxygen atoms in total. The standard InChI is InChI=1S/C30H44Cl2FN3O3/c31-26-12-11-24(16-28(26)33)39-19-29(37)36-22-13-21(14-22)30(38)35-17-23-15-25(27(32)18-34-23)20-9-7-5-3-1-2-4-6-8-10-20/h11-12,16,20-23,25,27,34H,1-10,13-15,17-19H2,(H,35,38)(H,36,37).